The maximum absolute atomic E-state index is 13.2. The highest BCUT2D eigenvalue weighted by Gasteiger charge is 2.11. The van der Waals surface area contributed by atoms with Crippen LogP contribution in [0, 0.1) is 5.82 Å². The molecular weight excluding hydrogens is 185 g/mol. The molecule has 0 fully saturated rings. The number of ether oxygens (including phenoxy) is 1. The number of aromatic amines is 1. The van der Waals surface area contributed by atoms with Gasteiger partial charge < -0.3 is 9.72 Å². The van der Waals surface area contributed by atoms with Crippen LogP contribution in [-0.4, -0.2) is 18.4 Å². The Hall–Kier alpha value is -1.84. The summed E-state index contributed by atoms with van der Waals surface area (Å²) in [6, 6.07) is 2.80. The Kier molecular flexibility index (Phi) is 1.96. The summed E-state index contributed by atoms with van der Waals surface area (Å²) in [5.41, 5.74) is 0.697. The highest BCUT2D eigenvalue weighted by molar-refractivity contribution is 6.01. The van der Waals surface area contributed by atoms with Crippen molar-refractivity contribution < 1.29 is 13.9 Å². The van der Waals surface area contributed by atoms with Crippen LogP contribution >= 0.6 is 0 Å². The first-order valence-corrected chi connectivity index (χ1v) is 4.06. The van der Waals surface area contributed by atoms with E-state index in [-0.39, 0.29) is 0 Å². The van der Waals surface area contributed by atoms with Crippen LogP contribution in [0.3, 0.4) is 0 Å². The van der Waals surface area contributed by atoms with E-state index in [1.807, 2.05) is 0 Å². The SMILES string of the molecule is COc1ccc(F)c2[nH]cc(C=O)c12. The second-order valence-corrected chi connectivity index (χ2v) is 2.86. The average molecular weight is 193 g/mol. The maximum Gasteiger partial charge on any atom is 0.152 e. The Morgan fingerprint density at radius 2 is 2.29 bits per heavy atom. The largest absolute Gasteiger partial charge is 0.496 e. The molecule has 0 bridgehead atoms. The van der Waals surface area contributed by atoms with Crippen LogP contribution in [0.4, 0.5) is 4.39 Å². The number of hydrogen-bond acceptors (Lipinski definition) is 2. The van der Waals surface area contributed by atoms with Crippen molar-refractivity contribution in [2.24, 2.45) is 0 Å². The number of methoxy groups -OCH3 is 1. The fraction of sp³-hybridized carbons (Fsp3) is 0.100. The summed E-state index contributed by atoms with van der Waals surface area (Å²) < 4.78 is 18.3. The van der Waals surface area contributed by atoms with Crippen LogP contribution < -0.4 is 4.74 Å². The van der Waals surface area contributed by atoms with Gasteiger partial charge in [-0.2, -0.15) is 0 Å². The third-order valence-corrected chi connectivity index (χ3v) is 2.12. The Balaban J connectivity index is 2.88. The molecule has 0 atom stereocenters. The van der Waals surface area contributed by atoms with Gasteiger partial charge in [-0.05, 0) is 12.1 Å². The third-order valence-electron chi connectivity index (χ3n) is 2.12. The van der Waals surface area contributed by atoms with Gasteiger partial charge in [-0.15, -0.1) is 0 Å². The standard InChI is InChI=1S/C10H8FNO2/c1-14-8-3-2-7(11)10-9(8)6(5-13)4-12-10/h2-5,12H,1H3. The molecule has 72 valence electrons. The number of carbonyl (C=O) groups is 1. The fourth-order valence-electron chi connectivity index (χ4n) is 1.47. The smallest absolute Gasteiger partial charge is 0.152 e. The fourth-order valence-corrected chi connectivity index (χ4v) is 1.47. The highest BCUT2D eigenvalue weighted by Crippen LogP contribution is 2.29. The normalized spacial score (nSPS) is 10.4. The number of halogens is 1. The van der Waals surface area contributed by atoms with Crippen LogP contribution in [-0.2, 0) is 0 Å². The quantitative estimate of drug-likeness (QED) is 0.742. The van der Waals surface area contributed by atoms with Crippen molar-refractivity contribution in [3.63, 3.8) is 0 Å². The molecule has 3 nitrogen and oxygen atoms in total. The molecule has 2 aromatic rings. The van der Waals surface area contributed by atoms with E-state index in [9.17, 15) is 9.18 Å². The molecule has 2 rings (SSSR count). The average Bonchev–Trinajstić information content (AvgIpc) is 2.63. The van der Waals surface area contributed by atoms with Crippen LogP contribution in [0.5, 0.6) is 5.75 Å². The van der Waals surface area contributed by atoms with E-state index in [4.69, 9.17) is 4.74 Å². The van der Waals surface area contributed by atoms with Gasteiger partial charge in [-0.25, -0.2) is 4.39 Å². The molecule has 1 aromatic heterocycles. The van der Waals surface area contributed by atoms with Crippen molar-refractivity contribution in [3.05, 3.63) is 29.7 Å². The number of carbonyl (C=O) groups excluding carboxylic acids is 1. The van der Waals surface area contributed by atoms with E-state index in [2.05, 4.69) is 4.98 Å². The van der Waals surface area contributed by atoms with Gasteiger partial charge in [0.15, 0.2) is 6.29 Å². The molecule has 0 aliphatic heterocycles. The summed E-state index contributed by atoms with van der Waals surface area (Å²) in [5, 5.41) is 0.488. The summed E-state index contributed by atoms with van der Waals surface area (Å²) in [6.45, 7) is 0. The lowest BCUT2D eigenvalue weighted by molar-refractivity contribution is 0.112. The van der Waals surface area contributed by atoms with E-state index < -0.39 is 5.82 Å². The van der Waals surface area contributed by atoms with Gasteiger partial charge in [-0.3, -0.25) is 4.79 Å². The van der Waals surface area contributed by atoms with Crippen molar-refractivity contribution >= 4 is 17.2 Å². The van der Waals surface area contributed by atoms with Gasteiger partial charge in [0.1, 0.15) is 11.6 Å². The summed E-state index contributed by atoms with van der Waals surface area (Å²) in [7, 11) is 1.48. The zero-order chi connectivity index (χ0) is 10.1. The third kappa shape index (κ3) is 1.08. The van der Waals surface area contributed by atoms with E-state index in [1.165, 1.54) is 25.4 Å². The summed E-state index contributed by atoms with van der Waals surface area (Å²) >= 11 is 0. The highest BCUT2D eigenvalue weighted by atomic mass is 19.1. The van der Waals surface area contributed by atoms with E-state index >= 15 is 0 Å². The number of nitrogens with one attached hydrogen (secondary N) is 1. The lowest BCUT2D eigenvalue weighted by Crippen LogP contribution is -1.87. The van der Waals surface area contributed by atoms with Crippen LogP contribution in [0.2, 0.25) is 0 Å². The zero-order valence-corrected chi connectivity index (χ0v) is 7.50. The summed E-state index contributed by atoms with van der Waals surface area (Å²) in [5.74, 6) is 0.0960. The molecule has 0 spiro atoms. The van der Waals surface area contributed by atoms with E-state index in [1.54, 1.807) is 0 Å². The minimum atomic E-state index is -0.395. The van der Waals surface area contributed by atoms with Gasteiger partial charge >= 0.3 is 0 Å². The van der Waals surface area contributed by atoms with Gasteiger partial charge in [0.2, 0.25) is 0 Å². The Bertz CT molecular complexity index is 490. The number of aromatic nitrogens is 1. The van der Waals surface area contributed by atoms with Crippen LogP contribution in [0.1, 0.15) is 10.4 Å². The first kappa shape index (κ1) is 8.74. The molecule has 0 saturated heterocycles. The Labute approximate surface area is 79.5 Å². The number of rotatable bonds is 2. The van der Waals surface area contributed by atoms with Crippen molar-refractivity contribution in [2.45, 2.75) is 0 Å². The Morgan fingerprint density at radius 3 is 2.93 bits per heavy atom. The first-order chi connectivity index (χ1) is 6.77. The molecule has 0 unspecified atom stereocenters. The van der Waals surface area contributed by atoms with Gasteiger partial charge in [0.05, 0.1) is 18.0 Å². The van der Waals surface area contributed by atoms with Crippen LogP contribution in [0.25, 0.3) is 10.9 Å². The molecule has 0 radical (unpaired) electrons. The topological polar surface area (TPSA) is 42.1 Å². The minimum Gasteiger partial charge on any atom is -0.496 e. The number of hydrogen-bond donors (Lipinski definition) is 1. The van der Waals surface area contributed by atoms with Crippen LogP contribution in [0.15, 0.2) is 18.3 Å². The Morgan fingerprint density at radius 1 is 1.50 bits per heavy atom. The van der Waals surface area contributed by atoms with E-state index in [0.717, 1.165) is 0 Å². The summed E-state index contributed by atoms with van der Waals surface area (Å²) in [6.07, 6.45) is 2.13. The summed E-state index contributed by atoms with van der Waals surface area (Å²) in [4.78, 5) is 13.4. The zero-order valence-electron chi connectivity index (χ0n) is 7.50. The molecule has 0 aliphatic rings. The molecule has 4 heteroatoms. The van der Waals surface area contributed by atoms with Crippen molar-refractivity contribution in [3.8, 4) is 5.75 Å². The monoisotopic (exact) mass is 193 g/mol. The number of aldehydes is 1. The molecule has 14 heavy (non-hydrogen) atoms. The second-order valence-electron chi connectivity index (χ2n) is 2.86. The molecule has 1 heterocycles. The van der Waals surface area contributed by atoms with Crippen molar-refractivity contribution in [1.82, 2.24) is 4.98 Å². The predicted octanol–water partition coefficient (Wildman–Crippen LogP) is 2.13. The molecule has 0 aliphatic carbocycles. The first-order valence-electron chi connectivity index (χ1n) is 4.06. The van der Waals surface area contributed by atoms with Crippen molar-refractivity contribution in [2.75, 3.05) is 7.11 Å². The second kappa shape index (κ2) is 3.14. The lowest BCUT2D eigenvalue weighted by atomic mass is 10.1. The van der Waals surface area contributed by atoms with Gasteiger partial charge in [0, 0.05) is 11.8 Å². The van der Waals surface area contributed by atoms with Gasteiger partial charge in [-0.1, -0.05) is 0 Å². The molecule has 0 amide bonds. The lowest BCUT2D eigenvalue weighted by Gasteiger charge is -2.02. The number of benzene rings is 1. The minimum absolute atomic E-state index is 0.298. The van der Waals surface area contributed by atoms with Gasteiger partial charge in [0.25, 0.3) is 0 Å². The number of fused-ring (bicyclic) bond motifs is 1. The van der Waals surface area contributed by atoms with E-state index in [0.29, 0.717) is 28.5 Å². The molecule has 1 N–H and O–H groups in total. The maximum atomic E-state index is 13.2. The molecule has 1 aromatic carbocycles. The molecular formula is C10H8FNO2. The van der Waals surface area contributed by atoms with Crippen molar-refractivity contribution in [1.29, 1.82) is 0 Å². The number of H-pyrrole nitrogens is 1. The molecule has 0 saturated carbocycles. The predicted molar refractivity (Wildman–Crippen MR) is 50.2 cm³/mol.